The maximum absolute atomic E-state index is 12.6. The molecule has 1 N–H and O–H groups in total. The van der Waals surface area contributed by atoms with E-state index < -0.39 is 17.7 Å². The lowest BCUT2D eigenvalue weighted by molar-refractivity contribution is -0.137. The van der Waals surface area contributed by atoms with Crippen LogP contribution in [-0.4, -0.2) is 21.9 Å². The van der Waals surface area contributed by atoms with Gasteiger partial charge in [-0.2, -0.15) is 13.2 Å². The summed E-state index contributed by atoms with van der Waals surface area (Å²) < 4.78 is 37.7. The normalized spacial score (nSPS) is 21.2. The molecule has 0 aliphatic heterocycles. The number of alkyl halides is 3. The van der Waals surface area contributed by atoms with E-state index in [1.165, 1.54) is 24.5 Å². The molecule has 24 heavy (non-hydrogen) atoms. The van der Waals surface area contributed by atoms with Gasteiger partial charge < -0.3 is 5.32 Å². The summed E-state index contributed by atoms with van der Waals surface area (Å²) in [6.07, 6.45) is 1.01. The zero-order valence-electron chi connectivity index (χ0n) is 12.9. The van der Waals surface area contributed by atoms with E-state index >= 15 is 0 Å². The molecule has 0 spiro atoms. The van der Waals surface area contributed by atoms with E-state index in [1.54, 1.807) is 13.1 Å². The fraction of sp³-hybridized carbons (Fsp3) is 0.353. The van der Waals surface area contributed by atoms with Crippen LogP contribution in [0.2, 0.25) is 0 Å². The molecule has 1 unspecified atom stereocenters. The molecule has 4 nitrogen and oxygen atoms in total. The van der Waals surface area contributed by atoms with E-state index in [9.17, 15) is 18.0 Å². The Morgan fingerprint density at radius 2 is 1.96 bits per heavy atom. The maximum atomic E-state index is 12.6. The lowest BCUT2D eigenvalue weighted by Gasteiger charge is -2.11. The van der Waals surface area contributed by atoms with Gasteiger partial charge >= 0.3 is 6.18 Å². The number of halogens is 3. The highest BCUT2D eigenvalue weighted by Crippen LogP contribution is 2.42. The molecular weight excluding hydrogens is 319 g/mol. The molecule has 1 fully saturated rings. The molecule has 1 aliphatic rings. The van der Waals surface area contributed by atoms with Crippen molar-refractivity contribution in [1.29, 1.82) is 0 Å². The van der Waals surface area contributed by atoms with E-state index in [4.69, 9.17) is 0 Å². The predicted molar refractivity (Wildman–Crippen MR) is 81.2 cm³/mol. The van der Waals surface area contributed by atoms with Gasteiger partial charge in [-0.15, -0.1) is 0 Å². The standard InChI is InChI=1S/C17H16F3N3O/c1-10(15-9-21-6-7-22-15)16(24)23-14-8-13(14)11-2-4-12(5-3-11)17(18,19)20/h2-7,9-10,13-14H,8H2,1H3,(H,23,24)/t10?,13-,14+/m0/s1. The first-order valence-corrected chi connectivity index (χ1v) is 7.59. The summed E-state index contributed by atoms with van der Waals surface area (Å²) in [5.74, 6) is -0.521. The van der Waals surface area contributed by atoms with Crippen LogP contribution in [0.4, 0.5) is 13.2 Å². The Morgan fingerprint density at radius 1 is 1.25 bits per heavy atom. The summed E-state index contributed by atoms with van der Waals surface area (Å²) in [6.45, 7) is 1.74. The number of nitrogens with one attached hydrogen (secondary N) is 1. The van der Waals surface area contributed by atoms with Crippen LogP contribution in [0.3, 0.4) is 0 Å². The molecule has 2 aromatic rings. The fourth-order valence-electron chi connectivity index (χ4n) is 2.62. The summed E-state index contributed by atoms with van der Waals surface area (Å²) in [4.78, 5) is 20.3. The van der Waals surface area contributed by atoms with Gasteiger partial charge in [0.2, 0.25) is 5.91 Å². The number of carbonyl (C=O) groups excluding carboxylic acids is 1. The molecule has 0 radical (unpaired) electrons. The molecule has 1 heterocycles. The fourth-order valence-corrected chi connectivity index (χ4v) is 2.62. The van der Waals surface area contributed by atoms with Crippen molar-refractivity contribution in [1.82, 2.24) is 15.3 Å². The number of nitrogens with zero attached hydrogens (tertiary/aromatic N) is 2. The molecule has 1 saturated carbocycles. The SMILES string of the molecule is CC(C(=O)N[C@@H]1C[C@H]1c1ccc(C(F)(F)F)cc1)c1cnccn1. The van der Waals surface area contributed by atoms with Crippen molar-refractivity contribution in [3.05, 3.63) is 59.7 Å². The molecule has 0 bridgehead atoms. The first kappa shape index (κ1) is 16.4. The Balaban J connectivity index is 1.59. The third-order valence-electron chi connectivity index (χ3n) is 4.20. The lowest BCUT2D eigenvalue weighted by Crippen LogP contribution is -2.31. The predicted octanol–water partition coefficient (Wildman–Crippen LogP) is 3.27. The Bertz CT molecular complexity index is 716. The van der Waals surface area contributed by atoms with E-state index in [2.05, 4.69) is 15.3 Å². The molecule has 3 atom stereocenters. The topological polar surface area (TPSA) is 54.9 Å². The molecule has 1 aromatic heterocycles. The van der Waals surface area contributed by atoms with E-state index in [-0.39, 0.29) is 17.9 Å². The van der Waals surface area contributed by atoms with Crippen LogP contribution in [0.5, 0.6) is 0 Å². The molecule has 7 heteroatoms. The molecule has 1 aromatic carbocycles. The first-order chi connectivity index (χ1) is 11.4. The van der Waals surface area contributed by atoms with Crippen molar-refractivity contribution >= 4 is 5.91 Å². The molecule has 1 amide bonds. The van der Waals surface area contributed by atoms with Gasteiger partial charge in [0, 0.05) is 30.6 Å². The minimum atomic E-state index is -4.33. The average Bonchev–Trinajstić information content (AvgIpc) is 3.33. The van der Waals surface area contributed by atoms with Crippen LogP contribution >= 0.6 is 0 Å². The summed E-state index contributed by atoms with van der Waals surface area (Å²) in [5, 5.41) is 2.92. The number of aromatic nitrogens is 2. The second-order valence-electron chi connectivity index (χ2n) is 5.93. The number of hydrogen-bond donors (Lipinski definition) is 1. The molecular formula is C17H16F3N3O. The van der Waals surface area contributed by atoms with Crippen molar-refractivity contribution in [2.24, 2.45) is 0 Å². The number of amides is 1. The number of carbonyl (C=O) groups is 1. The number of hydrogen-bond acceptors (Lipinski definition) is 3. The van der Waals surface area contributed by atoms with Gasteiger partial charge in [-0.05, 0) is 31.0 Å². The van der Waals surface area contributed by atoms with Gasteiger partial charge in [0.1, 0.15) is 0 Å². The van der Waals surface area contributed by atoms with Crippen molar-refractivity contribution < 1.29 is 18.0 Å². The molecule has 0 saturated heterocycles. The summed E-state index contributed by atoms with van der Waals surface area (Å²) in [7, 11) is 0. The third-order valence-corrected chi connectivity index (χ3v) is 4.20. The van der Waals surface area contributed by atoms with Gasteiger partial charge in [-0.3, -0.25) is 14.8 Å². The Hall–Kier alpha value is -2.44. The first-order valence-electron chi connectivity index (χ1n) is 7.59. The highest BCUT2D eigenvalue weighted by molar-refractivity contribution is 5.83. The van der Waals surface area contributed by atoms with Gasteiger partial charge in [0.15, 0.2) is 0 Å². The van der Waals surface area contributed by atoms with Crippen molar-refractivity contribution in [2.45, 2.75) is 37.4 Å². The zero-order chi connectivity index (χ0) is 17.3. The maximum Gasteiger partial charge on any atom is 0.416 e. The van der Waals surface area contributed by atoms with E-state index in [1.807, 2.05) is 0 Å². The highest BCUT2D eigenvalue weighted by Gasteiger charge is 2.40. The van der Waals surface area contributed by atoms with Crippen LogP contribution in [0.1, 0.15) is 42.0 Å². The second-order valence-corrected chi connectivity index (χ2v) is 5.93. The van der Waals surface area contributed by atoms with Gasteiger partial charge in [0.25, 0.3) is 0 Å². The molecule has 1 aliphatic carbocycles. The summed E-state index contributed by atoms with van der Waals surface area (Å²) in [5.41, 5.74) is 0.728. The molecule has 3 rings (SSSR count). The van der Waals surface area contributed by atoms with Gasteiger partial charge in [0.05, 0.1) is 17.2 Å². The lowest BCUT2D eigenvalue weighted by atomic mass is 10.1. The van der Waals surface area contributed by atoms with Crippen molar-refractivity contribution in [2.75, 3.05) is 0 Å². The third kappa shape index (κ3) is 3.55. The van der Waals surface area contributed by atoms with Crippen LogP contribution in [0.15, 0.2) is 42.9 Å². The van der Waals surface area contributed by atoms with Gasteiger partial charge in [-0.1, -0.05) is 12.1 Å². The Morgan fingerprint density at radius 3 is 2.54 bits per heavy atom. The summed E-state index contributed by atoms with van der Waals surface area (Å²) >= 11 is 0. The second kappa shape index (κ2) is 6.22. The summed E-state index contributed by atoms with van der Waals surface area (Å²) in [6, 6.07) is 5.06. The van der Waals surface area contributed by atoms with Crippen LogP contribution in [0.25, 0.3) is 0 Å². The largest absolute Gasteiger partial charge is 0.416 e. The van der Waals surface area contributed by atoms with E-state index in [0.717, 1.165) is 24.1 Å². The minimum Gasteiger partial charge on any atom is -0.352 e. The Labute approximate surface area is 137 Å². The van der Waals surface area contributed by atoms with Crippen LogP contribution < -0.4 is 5.32 Å². The van der Waals surface area contributed by atoms with Crippen LogP contribution in [0, 0.1) is 0 Å². The van der Waals surface area contributed by atoms with Crippen molar-refractivity contribution in [3.8, 4) is 0 Å². The quantitative estimate of drug-likeness (QED) is 0.933. The highest BCUT2D eigenvalue weighted by atomic mass is 19.4. The Kier molecular flexibility index (Phi) is 4.26. The minimum absolute atomic E-state index is 0.0478. The van der Waals surface area contributed by atoms with Crippen molar-refractivity contribution in [3.63, 3.8) is 0 Å². The number of rotatable bonds is 4. The monoisotopic (exact) mass is 335 g/mol. The van der Waals surface area contributed by atoms with E-state index in [0.29, 0.717) is 5.69 Å². The van der Waals surface area contributed by atoms with Gasteiger partial charge in [-0.25, -0.2) is 0 Å². The average molecular weight is 335 g/mol. The smallest absolute Gasteiger partial charge is 0.352 e. The zero-order valence-corrected chi connectivity index (χ0v) is 12.9. The molecule has 126 valence electrons. The number of benzene rings is 1. The van der Waals surface area contributed by atoms with Crippen LogP contribution in [-0.2, 0) is 11.0 Å².